The van der Waals surface area contributed by atoms with Crippen molar-refractivity contribution in [2.75, 3.05) is 19.4 Å². The third-order valence-electron chi connectivity index (χ3n) is 3.84. The van der Waals surface area contributed by atoms with Crippen LogP contribution in [0.4, 0.5) is 5.82 Å². The molecule has 2 heterocycles. The number of imidazole rings is 1. The average molecular weight is 335 g/mol. The highest BCUT2D eigenvalue weighted by molar-refractivity contribution is 5.93. The van der Waals surface area contributed by atoms with E-state index in [4.69, 9.17) is 0 Å². The molecule has 0 radical (unpaired) electrons. The molecule has 128 valence electrons. The van der Waals surface area contributed by atoms with Gasteiger partial charge in [0.25, 0.3) is 5.91 Å². The fourth-order valence-electron chi connectivity index (χ4n) is 2.43. The van der Waals surface area contributed by atoms with Crippen LogP contribution < -0.4 is 5.32 Å². The molecule has 0 bridgehead atoms. The minimum atomic E-state index is -0.0486. The number of carbonyl (C=O) groups is 1. The lowest BCUT2D eigenvalue weighted by molar-refractivity contribution is 0.0827. The van der Waals surface area contributed by atoms with E-state index in [-0.39, 0.29) is 5.91 Å². The molecule has 6 nitrogen and oxygen atoms in total. The van der Waals surface area contributed by atoms with E-state index in [9.17, 15) is 4.79 Å². The zero-order valence-electron chi connectivity index (χ0n) is 14.4. The largest absolute Gasteiger partial charge is 0.366 e. The quantitative estimate of drug-likeness (QED) is 0.752. The number of rotatable bonds is 6. The van der Waals surface area contributed by atoms with Gasteiger partial charge >= 0.3 is 0 Å². The van der Waals surface area contributed by atoms with Gasteiger partial charge < -0.3 is 14.8 Å². The molecule has 0 unspecified atom stereocenters. The molecule has 0 aliphatic carbocycles. The van der Waals surface area contributed by atoms with Crippen molar-refractivity contribution in [1.82, 2.24) is 19.4 Å². The fraction of sp³-hybridized carbons (Fsp3) is 0.211. The number of aromatic nitrogens is 3. The van der Waals surface area contributed by atoms with Crippen LogP contribution in [0.1, 0.15) is 21.5 Å². The lowest BCUT2D eigenvalue weighted by Crippen LogP contribution is -2.21. The number of nitrogens with zero attached hydrogens (tertiary/aromatic N) is 4. The molecule has 2 aromatic heterocycles. The highest BCUT2D eigenvalue weighted by Crippen LogP contribution is 2.11. The Morgan fingerprint density at radius 3 is 2.48 bits per heavy atom. The van der Waals surface area contributed by atoms with Crippen molar-refractivity contribution in [3.8, 4) is 0 Å². The molecule has 0 aliphatic rings. The summed E-state index contributed by atoms with van der Waals surface area (Å²) in [4.78, 5) is 21.7. The monoisotopic (exact) mass is 335 g/mol. The van der Waals surface area contributed by atoms with Crippen LogP contribution >= 0.6 is 0 Å². The van der Waals surface area contributed by atoms with Gasteiger partial charge in [0.1, 0.15) is 5.82 Å². The van der Waals surface area contributed by atoms with Crippen molar-refractivity contribution in [3.63, 3.8) is 0 Å². The lowest BCUT2D eigenvalue weighted by atomic mass is 10.1. The molecular formula is C19H21N5O. The van der Waals surface area contributed by atoms with E-state index in [2.05, 4.69) is 39.6 Å². The molecular weight excluding hydrogens is 314 g/mol. The maximum Gasteiger partial charge on any atom is 0.254 e. The molecule has 25 heavy (non-hydrogen) atoms. The molecule has 0 saturated heterocycles. The Morgan fingerprint density at radius 2 is 1.88 bits per heavy atom. The van der Waals surface area contributed by atoms with Gasteiger partial charge in [0.2, 0.25) is 0 Å². The van der Waals surface area contributed by atoms with E-state index in [1.54, 1.807) is 32.6 Å². The van der Waals surface area contributed by atoms with Gasteiger partial charge in [-0.05, 0) is 23.3 Å². The number of pyridine rings is 1. The van der Waals surface area contributed by atoms with Gasteiger partial charge in [-0.15, -0.1) is 0 Å². The molecule has 0 aliphatic heterocycles. The van der Waals surface area contributed by atoms with Crippen LogP contribution in [0, 0.1) is 0 Å². The van der Waals surface area contributed by atoms with Crippen LogP contribution in [0.3, 0.4) is 0 Å². The highest BCUT2D eigenvalue weighted by Gasteiger charge is 2.07. The minimum Gasteiger partial charge on any atom is -0.366 e. The summed E-state index contributed by atoms with van der Waals surface area (Å²) in [5.74, 6) is 0.699. The van der Waals surface area contributed by atoms with Crippen molar-refractivity contribution < 1.29 is 4.79 Å². The van der Waals surface area contributed by atoms with E-state index in [0.29, 0.717) is 12.1 Å². The van der Waals surface area contributed by atoms with Gasteiger partial charge in [0, 0.05) is 45.8 Å². The summed E-state index contributed by atoms with van der Waals surface area (Å²) in [5, 5.41) is 3.27. The van der Waals surface area contributed by atoms with Crippen molar-refractivity contribution in [1.29, 1.82) is 0 Å². The average Bonchev–Trinajstić information content (AvgIpc) is 3.14. The molecule has 0 saturated carbocycles. The summed E-state index contributed by atoms with van der Waals surface area (Å²) >= 11 is 0. The van der Waals surface area contributed by atoms with Gasteiger partial charge in [-0.2, -0.15) is 0 Å². The third-order valence-corrected chi connectivity index (χ3v) is 3.84. The summed E-state index contributed by atoms with van der Waals surface area (Å²) in [7, 11) is 3.45. The first-order valence-electron chi connectivity index (χ1n) is 8.07. The molecule has 1 amide bonds. The van der Waals surface area contributed by atoms with E-state index in [1.807, 2.05) is 23.2 Å². The SMILES string of the molecule is CN(C)C(=O)c1ccc(NCc2ccc(Cn3ccnc3)cc2)nc1. The zero-order valence-corrected chi connectivity index (χ0v) is 14.4. The van der Waals surface area contributed by atoms with Gasteiger partial charge in [0.05, 0.1) is 11.9 Å². The first kappa shape index (κ1) is 16.7. The fourth-order valence-corrected chi connectivity index (χ4v) is 2.43. The van der Waals surface area contributed by atoms with Crippen LogP contribution in [-0.4, -0.2) is 39.4 Å². The maximum atomic E-state index is 11.8. The van der Waals surface area contributed by atoms with E-state index in [1.165, 1.54) is 16.0 Å². The molecule has 0 atom stereocenters. The summed E-state index contributed by atoms with van der Waals surface area (Å²) in [5.41, 5.74) is 2.98. The van der Waals surface area contributed by atoms with E-state index < -0.39 is 0 Å². The Bertz CT molecular complexity index is 808. The highest BCUT2D eigenvalue weighted by atomic mass is 16.2. The Balaban J connectivity index is 1.55. The Labute approximate surface area is 147 Å². The molecule has 0 fully saturated rings. The number of hydrogen-bond donors (Lipinski definition) is 1. The van der Waals surface area contributed by atoms with Crippen LogP contribution in [0.2, 0.25) is 0 Å². The van der Waals surface area contributed by atoms with E-state index in [0.717, 1.165) is 12.4 Å². The number of amides is 1. The smallest absolute Gasteiger partial charge is 0.254 e. The predicted molar refractivity (Wildman–Crippen MR) is 97.4 cm³/mol. The Morgan fingerprint density at radius 1 is 1.12 bits per heavy atom. The summed E-state index contributed by atoms with van der Waals surface area (Å²) in [6.07, 6.45) is 7.14. The third kappa shape index (κ3) is 4.44. The second-order valence-electron chi connectivity index (χ2n) is 6.04. The minimum absolute atomic E-state index is 0.0486. The first-order chi connectivity index (χ1) is 12.1. The lowest BCUT2D eigenvalue weighted by Gasteiger charge is -2.11. The molecule has 1 aromatic carbocycles. The van der Waals surface area contributed by atoms with Crippen molar-refractivity contribution in [3.05, 3.63) is 78.0 Å². The van der Waals surface area contributed by atoms with Crippen LogP contribution in [0.15, 0.2) is 61.3 Å². The normalized spacial score (nSPS) is 10.5. The number of carbonyl (C=O) groups excluding carboxylic acids is 1. The molecule has 6 heteroatoms. The van der Waals surface area contributed by atoms with Crippen molar-refractivity contribution >= 4 is 11.7 Å². The standard InChI is InChI=1S/C19H21N5O/c1-23(2)19(25)17-7-8-18(22-12-17)21-11-15-3-5-16(6-4-15)13-24-10-9-20-14-24/h3-10,12,14H,11,13H2,1-2H3,(H,21,22). The molecule has 1 N–H and O–H groups in total. The molecule has 0 spiro atoms. The molecule has 3 rings (SSSR count). The topological polar surface area (TPSA) is 63.1 Å². The van der Waals surface area contributed by atoms with Crippen molar-refractivity contribution in [2.24, 2.45) is 0 Å². The van der Waals surface area contributed by atoms with Crippen LogP contribution in [0.5, 0.6) is 0 Å². The summed E-state index contributed by atoms with van der Waals surface area (Å²) in [6, 6.07) is 12.0. The van der Waals surface area contributed by atoms with Crippen molar-refractivity contribution in [2.45, 2.75) is 13.1 Å². The second-order valence-corrected chi connectivity index (χ2v) is 6.04. The first-order valence-corrected chi connectivity index (χ1v) is 8.07. The predicted octanol–water partition coefficient (Wildman–Crippen LogP) is 2.64. The number of benzene rings is 1. The number of hydrogen-bond acceptors (Lipinski definition) is 4. The number of anilines is 1. The Hall–Kier alpha value is -3.15. The van der Waals surface area contributed by atoms with Gasteiger partial charge in [-0.3, -0.25) is 4.79 Å². The second kappa shape index (κ2) is 7.61. The number of nitrogens with one attached hydrogen (secondary N) is 1. The zero-order chi connectivity index (χ0) is 17.6. The summed E-state index contributed by atoms with van der Waals surface area (Å²) < 4.78 is 2.04. The summed E-state index contributed by atoms with van der Waals surface area (Å²) in [6.45, 7) is 1.50. The van der Waals surface area contributed by atoms with Gasteiger partial charge in [-0.1, -0.05) is 24.3 Å². The van der Waals surface area contributed by atoms with E-state index >= 15 is 0 Å². The van der Waals surface area contributed by atoms with Gasteiger partial charge in [0.15, 0.2) is 0 Å². The maximum absolute atomic E-state index is 11.8. The van der Waals surface area contributed by atoms with Crippen LogP contribution in [0.25, 0.3) is 0 Å². The van der Waals surface area contributed by atoms with Crippen LogP contribution in [-0.2, 0) is 13.1 Å². The Kier molecular flexibility index (Phi) is 5.09. The van der Waals surface area contributed by atoms with Gasteiger partial charge in [-0.25, -0.2) is 9.97 Å². The molecule has 3 aromatic rings.